The molecule has 3 N–H and O–H groups in total. The number of piperazine rings is 1. The summed E-state index contributed by atoms with van der Waals surface area (Å²) in [4.78, 5) is 17.9. The van der Waals surface area contributed by atoms with Crippen LogP contribution >= 0.6 is 0 Å². The second kappa shape index (κ2) is 9.68. The third-order valence-electron chi connectivity index (χ3n) is 5.32. The average molecular weight is 420 g/mol. The van der Waals surface area contributed by atoms with Crippen LogP contribution in [-0.4, -0.2) is 48.5 Å². The molecular weight excluding hydrogens is 395 g/mol. The van der Waals surface area contributed by atoms with Gasteiger partial charge in [0, 0.05) is 32.7 Å². The van der Waals surface area contributed by atoms with Crippen molar-refractivity contribution >= 4 is 5.91 Å². The van der Waals surface area contributed by atoms with E-state index in [1.54, 1.807) is 6.07 Å². The maximum absolute atomic E-state index is 13.4. The van der Waals surface area contributed by atoms with Gasteiger partial charge in [-0.15, -0.1) is 0 Å². The number of aromatic nitrogens is 1. The van der Waals surface area contributed by atoms with E-state index in [0.717, 1.165) is 62.5 Å². The molecule has 1 aliphatic heterocycles. The van der Waals surface area contributed by atoms with Crippen LogP contribution in [0.5, 0.6) is 11.6 Å². The Kier molecular flexibility index (Phi) is 6.54. The Balaban J connectivity index is 1.50. The van der Waals surface area contributed by atoms with Crippen molar-refractivity contribution in [2.24, 2.45) is 5.73 Å². The first kappa shape index (κ1) is 21.0. The van der Waals surface area contributed by atoms with E-state index in [2.05, 4.69) is 39.5 Å². The number of amides is 1. The van der Waals surface area contributed by atoms with Crippen molar-refractivity contribution in [2.45, 2.75) is 6.42 Å². The molecule has 160 valence electrons. The molecule has 0 saturated carbocycles. The van der Waals surface area contributed by atoms with Gasteiger partial charge in [-0.25, -0.2) is 9.37 Å². The smallest absolute Gasteiger partial charge is 0.254 e. The lowest BCUT2D eigenvalue weighted by Crippen LogP contribution is -2.44. The maximum atomic E-state index is 13.4. The minimum absolute atomic E-state index is 0.0178. The molecule has 31 heavy (non-hydrogen) atoms. The van der Waals surface area contributed by atoms with Crippen molar-refractivity contribution in [1.82, 2.24) is 15.2 Å². The van der Waals surface area contributed by atoms with Crippen LogP contribution in [0, 0.1) is 5.82 Å². The first-order valence-electron chi connectivity index (χ1n) is 10.3. The Bertz CT molecular complexity index is 1070. The number of hydrogen-bond donors (Lipinski definition) is 2. The molecule has 1 amide bonds. The van der Waals surface area contributed by atoms with E-state index in [9.17, 15) is 9.18 Å². The lowest BCUT2D eigenvalue weighted by atomic mass is 10.0. The van der Waals surface area contributed by atoms with Gasteiger partial charge in [-0.1, -0.05) is 36.4 Å². The van der Waals surface area contributed by atoms with Crippen LogP contribution in [0.25, 0.3) is 11.1 Å². The Morgan fingerprint density at radius 2 is 1.84 bits per heavy atom. The molecule has 6 nitrogen and oxygen atoms in total. The molecule has 0 aliphatic carbocycles. The number of nitrogens with one attached hydrogen (secondary N) is 1. The zero-order valence-electron chi connectivity index (χ0n) is 17.2. The number of ether oxygens (including phenoxy) is 1. The Morgan fingerprint density at radius 1 is 1.10 bits per heavy atom. The van der Waals surface area contributed by atoms with Crippen LogP contribution in [0.4, 0.5) is 4.39 Å². The van der Waals surface area contributed by atoms with Crippen LogP contribution in [0.1, 0.15) is 15.9 Å². The lowest BCUT2D eigenvalue weighted by Gasteiger charge is -2.27. The topological polar surface area (TPSA) is 80.5 Å². The Labute approximate surface area is 180 Å². The molecule has 0 bridgehead atoms. The van der Waals surface area contributed by atoms with E-state index in [4.69, 9.17) is 10.5 Å². The number of hydrogen-bond acceptors (Lipinski definition) is 5. The monoisotopic (exact) mass is 420 g/mol. The minimum atomic E-state index is -0.796. The van der Waals surface area contributed by atoms with Crippen LogP contribution in [0.3, 0.4) is 0 Å². The molecule has 4 rings (SSSR count). The highest BCUT2D eigenvalue weighted by atomic mass is 19.1. The number of halogens is 1. The summed E-state index contributed by atoms with van der Waals surface area (Å²) in [6.07, 6.45) is 1.99. The maximum Gasteiger partial charge on any atom is 0.254 e. The first-order chi connectivity index (χ1) is 15.1. The first-order valence-corrected chi connectivity index (χ1v) is 10.3. The van der Waals surface area contributed by atoms with Crippen LogP contribution in [0.15, 0.2) is 60.8 Å². The SMILES string of the molecule is NC(=O)c1cc(F)cnc1Oc1cccc(-c2cccc(CCN3CCNCC3)c2)c1. The van der Waals surface area contributed by atoms with Gasteiger partial charge in [0.15, 0.2) is 0 Å². The van der Waals surface area contributed by atoms with Gasteiger partial charge in [-0.05, 0) is 41.3 Å². The number of nitrogens with two attached hydrogens (primary N) is 1. The quantitative estimate of drug-likeness (QED) is 0.614. The number of rotatable bonds is 7. The molecule has 1 saturated heterocycles. The van der Waals surface area contributed by atoms with Crippen molar-refractivity contribution in [2.75, 3.05) is 32.7 Å². The number of carbonyl (C=O) groups is 1. The zero-order valence-corrected chi connectivity index (χ0v) is 17.2. The summed E-state index contributed by atoms with van der Waals surface area (Å²) < 4.78 is 19.2. The summed E-state index contributed by atoms with van der Waals surface area (Å²) in [5.74, 6) is -0.968. The van der Waals surface area contributed by atoms with Gasteiger partial charge in [-0.2, -0.15) is 0 Å². The molecule has 1 fully saturated rings. The fraction of sp³-hybridized carbons (Fsp3) is 0.250. The molecule has 2 aromatic carbocycles. The Morgan fingerprint density at radius 3 is 2.61 bits per heavy atom. The van der Waals surface area contributed by atoms with Crippen molar-refractivity contribution in [1.29, 1.82) is 0 Å². The predicted octanol–water partition coefficient (Wildman–Crippen LogP) is 3.23. The van der Waals surface area contributed by atoms with Crippen LogP contribution in [0.2, 0.25) is 0 Å². The average Bonchev–Trinajstić information content (AvgIpc) is 2.80. The van der Waals surface area contributed by atoms with Gasteiger partial charge in [0.2, 0.25) is 5.88 Å². The second-order valence-electron chi connectivity index (χ2n) is 7.54. The molecule has 1 aliphatic rings. The van der Waals surface area contributed by atoms with Crippen molar-refractivity contribution in [3.8, 4) is 22.8 Å². The van der Waals surface area contributed by atoms with Crippen molar-refractivity contribution < 1.29 is 13.9 Å². The molecule has 0 spiro atoms. The number of pyridine rings is 1. The summed E-state index contributed by atoms with van der Waals surface area (Å²) in [6, 6.07) is 17.0. The summed E-state index contributed by atoms with van der Waals surface area (Å²) in [6.45, 7) is 5.31. The highest BCUT2D eigenvalue weighted by Gasteiger charge is 2.14. The lowest BCUT2D eigenvalue weighted by molar-refractivity contribution is 0.0997. The fourth-order valence-electron chi connectivity index (χ4n) is 3.66. The third-order valence-corrected chi connectivity index (χ3v) is 5.32. The number of benzene rings is 2. The molecular formula is C24H25FN4O2. The summed E-state index contributed by atoms with van der Waals surface area (Å²) >= 11 is 0. The molecule has 1 aromatic heterocycles. The van der Waals surface area contributed by atoms with Gasteiger partial charge in [0.25, 0.3) is 5.91 Å². The van der Waals surface area contributed by atoms with E-state index >= 15 is 0 Å². The molecule has 0 atom stereocenters. The van der Waals surface area contributed by atoms with E-state index in [1.165, 1.54) is 5.56 Å². The molecule has 0 unspecified atom stereocenters. The van der Waals surface area contributed by atoms with E-state index < -0.39 is 11.7 Å². The van der Waals surface area contributed by atoms with Gasteiger partial charge in [-0.3, -0.25) is 4.79 Å². The van der Waals surface area contributed by atoms with Crippen LogP contribution in [-0.2, 0) is 6.42 Å². The highest BCUT2D eigenvalue weighted by molar-refractivity contribution is 5.95. The number of nitrogens with zero attached hydrogens (tertiary/aromatic N) is 2. The predicted molar refractivity (Wildman–Crippen MR) is 118 cm³/mol. The van der Waals surface area contributed by atoms with E-state index in [0.29, 0.717) is 5.75 Å². The molecule has 0 radical (unpaired) electrons. The highest BCUT2D eigenvalue weighted by Crippen LogP contribution is 2.29. The molecule has 2 heterocycles. The van der Waals surface area contributed by atoms with Crippen LogP contribution < -0.4 is 15.8 Å². The van der Waals surface area contributed by atoms with Gasteiger partial charge in [0.05, 0.1) is 6.20 Å². The van der Waals surface area contributed by atoms with E-state index in [1.807, 2.05) is 18.2 Å². The van der Waals surface area contributed by atoms with Gasteiger partial charge < -0.3 is 20.7 Å². The third kappa shape index (κ3) is 5.45. The standard InChI is InChI=1S/C24H25FN4O2/c25-20-15-22(23(26)30)24(28-16-20)31-21-6-2-5-19(14-21)18-4-1-3-17(13-18)7-10-29-11-8-27-9-12-29/h1-6,13-16,27H,7-12H2,(H2,26,30). The summed E-state index contributed by atoms with van der Waals surface area (Å²) in [5, 5.41) is 3.38. The normalized spacial score (nSPS) is 14.4. The molecule has 3 aromatic rings. The molecule has 7 heteroatoms. The minimum Gasteiger partial charge on any atom is -0.438 e. The summed E-state index contributed by atoms with van der Waals surface area (Å²) in [5.41, 5.74) is 8.55. The van der Waals surface area contributed by atoms with Gasteiger partial charge >= 0.3 is 0 Å². The summed E-state index contributed by atoms with van der Waals surface area (Å²) in [7, 11) is 0. The number of primary amides is 1. The number of carbonyl (C=O) groups excluding carboxylic acids is 1. The van der Waals surface area contributed by atoms with Crippen molar-refractivity contribution in [3.05, 3.63) is 77.7 Å². The Hall–Kier alpha value is -3.29. The largest absolute Gasteiger partial charge is 0.438 e. The fourth-order valence-corrected chi connectivity index (χ4v) is 3.66. The zero-order chi connectivity index (χ0) is 21.6. The van der Waals surface area contributed by atoms with Gasteiger partial charge in [0.1, 0.15) is 17.1 Å². The second-order valence-corrected chi connectivity index (χ2v) is 7.54. The van der Waals surface area contributed by atoms with Crippen molar-refractivity contribution in [3.63, 3.8) is 0 Å². The van der Waals surface area contributed by atoms with E-state index in [-0.39, 0.29) is 11.4 Å².